The van der Waals surface area contributed by atoms with E-state index < -0.39 is 11.9 Å². The summed E-state index contributed by atoms with van der Waals surface area (Å²) in [5.74, 6) is -1.54. The SMILES string of the molecule is C=C(C)C(=O)N=C(N)N.CC(=O)O. The zero-order valence-electron chi connectivity index (χ0n) is 7.57. The van der Waals surface area contributed by atoms with Gasteiger partial charge in [-0.1, -0.05) is 6.58 Å². The summed E-state index contributed by atoms with van der Waals surface area (Å²) in [5.41, 5.74) is 10.1. The summed E-state index contributed by atoms with van der Waals surface area (Å²) >= 11 is 0. The Morgan fingerprint density at radius 2 is 1.62 bits per heavy atom. The summed E-state index contributed by atoms with van der Waals surface area (Å²) < 4.78 is 0. The predicted octanol–water partition coefficient (Wildman–Crippen LogP) is -0.547. The molecule has 0 aliphatic heterocycles. The fourth-order valence-corrected chi connectivity index (χ4v) is 0.213. The summed E-state index contributed by atoms with van der Waals surface area (Å²) in [7, 11) is 0. The molecule has 0 fully saturated rings. The maximum Gasteiger partial charge on any atom is 0.300 e. The highest BCUT2D eigenvalue weighted by molar-refractivity contribution is 6.00. The van der Waals surface area contributed by atoms with Crippen LogP contribution in [0.25, 0.3) is 0 Å². The fraction of sp³-hybridized carbons (Fsp3) is 0.286. The number of carboxylic acid groups (broad SMARTS) is 1. The van der Waals surface area contributed by atoms with Crippen LogP contribution in [0.1, 0.15) is 13.8 Å². The first-order valence-corrected chi connectivity index (χ1v) is 3.26. The zero-order chi connectivity index (χ0) is 11.0. The lowest BCUT2D eigenvalue weighted by Gasteiger charge is -1.89. The summed E-state index contributed by atoms with van der Waals surface area (Å²) in [6, 6.07) is 0. The Morgan fingerprint density at radius 1 is 1.31 bits per heavy atom. The van der Waals surface area contributed by atoms with Crippen molar-refractivity contribution in [3.63, 3.8) is 0 Å². The second-order valence-corrected chi connectivity index (χ2v) is 2.14. The van der Waals surface area contributed by atoms with Crippen molar-refractivity contribution in [1.29, 1.82) is 0 Å². The third kappa shape index (κ3) is 17.8. The molecule has 74 valence electrons. The molecule has 0 aliphatic carbocycles. The number of amides is 1. The molecule has 0 heterocycles. The van der Waals surface area contributed by atoms with E-state index >= 15 is 0 Å². The Kier molecular flexibility index (Phi) is 7.21. The van der Waals surface area contributed by atoms with Gasteiger partial charge in [0.15, 0.2) is 5.96 Å². The molecular formula is C7H13N3O3. The van der Waals surface area contributed by atoms with Gasteiger partial charge in [0.25, 0.3) is 11.9 Å². The summed E-state index contributed by atoms with van der Waals surface area (Å²) in [6.45, 7) is 5.96. The molecule has 0 atom stereocenters. The largest absolute Gasteiger partial charge is 0.481 e. The molecule has 0 saturated carbocycles. The molecule has 0 radical (unpaired) electrons. The van der Waals surface area contributed by atoms with Gasteiger partial charge in [0.05, 0.1) is 0 Å². The van der Waals surface area contributed by atoms with Gasteiger partial charge >= 0.3 is 0 Å². The molecule has 0 aromatic carbocycles. The molecule has 0 aromatic heterocycles. The number of aliphatic imine (C=N–C) groups is 1. The van der Waals surface area contributed by atoms with Crippen LogP contribution in [0.2, 0.25) is 0 Å². The fourth-order valence-electron chi connectivity index (χ4n) is 0.213. The van der Waals surface area contributed by atoms with Gasteiger partial charge in [0, 0.05) is 12.5 Å². The third-order valence-corrected chi connectivity index (χ3v) is 0.596. The van der Waals surface area contributed by atoms with E-state index in [1.807, 2.05) is 0 Å². The van der Waals surface area contributed by atoms with Crippen LogP contribution in [-0.2, 0) is 9.59 Å². The lowest BCUT2D eigenvalue weighted by atomic mass is 10.3. The number of aliphatic carboxylic acids is 1. The van der Waals surface area contributed by atoms with E-state index in [1.165, 1.54) is 6.92 Å². The summed E-state index contributed by atoms with van der Waals surface area (Å²) in [5, 5.41) is 7.42. The molecule has 0 rings (SSSR count). The van der Waals surface area contributed by atoms with Crippen LogP contribution >= 0.6 is 0 Å². The number of hydrogen-bond donors (Lipinski definition) is 3. The zero-order valence-corrected chi connectivity index (χ0v) is 7.57. The molecule has 5 N–H and O–H groups in total. The number of nitrogens with zero attached hydrogens (tertiary/aromatic N) is 1. The maximum atomic E-state index is 10.5. The van der Waals surface area contributed by atoms with Crippen molar-refractivity contribution < 1.29 is 14.7 Å². The molecule has 13 heavy (non-hydrogen) atoms. The van der Waals surface area contributed by atoms with Gasteiger partial charge in [-0.25, -0.2) is 0 Å². The quantitative estimate of drug-likeness (QED) is 0.289. The van der Waals surface area contributed by atoms with Crippen LogP contribution in [-0.4, -0.2) is 22.9 Å². The van der Waals surface area contributed by atoms with Crippen molar-refractivity contribution in [2.45, 2.75) is 13.8 Å². The van der Waals surface area contributed by atoms with E-state index in [0.717, 1.165) is 6.92 Å². The summed E-state index contributed by atoms with van der Waals surface area (Å²) in [6.07, 6.45) is 0. The molecule has 0 spiro atoms. The number of guanidine groups is 1. The minimum atomic E-state index is -0.833. The van der Waals surface area contributed by atoms with Gasteiger partial charge in [0.1, 0.15) is 0 Å². The van der Waals surface area contributed by atoms with Crippen LogP contribution in [0.15, 0.2) is 17.1 Å². The number of carboxylic acids is 1. The lowest BCUT2D eigenvalue weighted by Crippen LogP contribution is -2.24. The molecule has 0 unspecified atom stereocenters. The minimum Gasteiger partial charge on any atom is -0.481 e. The normalized spacial score (nSPS) is 7.54. The van der Waals surface area contributed by atoms with E-state index in [4.69, 9.17) is 21.4 Å². The van der Waals surface area contributed by atoms with Crippen molar-refractivity contribution in [3.05, 3.63) is 12.2 Å². The van der Waals surface area contributed by atoms with Gasteiger partial charge in [0.2, 0.25) is 0 Å². The van der Waals surface area contributed by atoms with Crippen molar-refractivity contribution in [3.8, 4) is 0 Å². The van der Waals surface area contributed by atoms with E-state index in [0.29, 0.717) is 5.57 Å². The van der Waals surface area contributed by atoms with Gasteiger partial charge in [-0.3, -0.25) is 9.59 Å². The van der Waals surface area contributed by atoms with Crippen LogP contribution in [0, 0.1) is 0 Å². The first-order chi connectivity index (χ1) is 5.77. The minimum absolute atomic E-state index is 0.233. The van der Waals surface area contributed by atoms with E-state index in [2.05, 4.69) is 11.6 Å². The maximum absolute atomic E-state index is 10.5. The van der Waals surface area contributed by atoms with Crippen LogP contribution in [0.5, 0.6) is 0 Å². The number of hydrogen-bond acceptors (Lipinski definition) is 2. The topological polar surface area (TPSA) is 119 Å². The highest BCUT2D eigenvalue weighted by Gasteiger charge is 1.96. The van der Waals surface area contributed by atoms with Crippen molar-refractivity contribution in [2.75, 3.05) is 0 Å². The first kappa shape index (κ1) is 13.7. The molecule has 6 heteroatoms. The highest BCUT2D eigenvalue weighted by Crippen LogP contribution is 1.88. The number of carbonyl (C=O) groups excluding carboxylic acids is 1. The second kappa shape index (κ2) is 6.84. The van der Waals surface area contributed by atoms with E-state index in [-0.39, 0.29) is 5.96 Å². The Hall–Kier alpha value is -1.85. The molecule has 0 aromatic rings. The Morgan fingerprint density at radius 3 is 1.69 bits per heavy atom. The average molecular weight is 187 g/mol. The molecule has 1 amide bonds. The van der Waals surface area contributed by atoms with Gasteiger partial charge in [-0.15, -0.1) is 0 Å². The lowest BCUT2D eigenvalue weighted by molar-refractivity contribution is -0.134. The summed E-state index contributed by atoms with van der Waals surface area (Å²) in [4.78, 5) is 22.7. The Balaban J connectivity index is 0. The van der Waals surface area contributed by atoms with Gasteiger partial charge in [-0.2, -0.15) is 4.99 Å². The molecule has 0 bridgehead atoms. The number of carbonyl (C=O) groups is 2. The van der Waals surface area contributed by atoms with Crippen LogP contribution in [0.3, 0.4) is 0 Å². The van der Waals surface area contributed by atoms with E-state index in [9.17, 15) is 4.79 Å². The molecule has 0 aliphatic rings. The van der Waals surface area contributed by atoms with E-state index in [1.54, 1.807) is 0 Å². The smallest absolute Gasteiger partial charge is 0.300 e. The van der Waals surface area contributed by atoms with Crippen molar-refractivity contribution in [1.82, 2.24) is 0 Å². The van der Waals surface area contributed by atoms with Gasteiger partial charge in [-0.05, 0) is 6.92 Å². The first-order valence-electron chi connectivity index (χ1n) is 3.26. The number of rotatable bonds is 1. The molecule has 0 saturated heterocycles. The monoisotopic (exact) mass is 187 g/mol. The van der Waals surface area contributed by atoms with Crippen LogP contribution in [0.4, 0.5) is 0 Å². The second-order valence-electron chi connectivity index (χ2n) is 2.14. The highest BCUT2D eigenvalue weighted by atomic mass is 16.4. The number of nitrogens with two attached hydrogens (primary N) is 2. The van der Waals surface area contributed by atoms with Crippen LogP contribution < -0.4 is 11.5 Å². The third-order valence-electron chi connectivity index (χ3n) is 0.596. The predicted molar refractivity (Wildman–Crippen MR) is 48.9 cm³/mol. The average Bonchev–Trinajstić information content (AvgIpc) is 1.83. The van der Waals surface area contributed by atoms with Crippen molar-refractivity contribution in [2.24, 2.45) is 16.5 Å². The molecular weight excluding hydrogens is 174 g/mol. The van der Waals surface area contributed by atoms with Crippen molar-refractivity contribution >= 4 is 17.8 Å². The van der Waals surface area contributed by atoms with Gasteiger partial charge < -0.3 is 16.6 Å². The Labute approximate surface area is 75.9 Å². The standard InChI is InChI=1S/C5H9N3O.C2H4O2/c1-3(2)4(9)8-5(6)7;1-2(3)4/h1H2,2H3,(H4,6,7,8,9);1H3,(H,3,4). The Bertz CT molecular complexity index is 237. The molecule has 6 nitrogen and oxygen atoms in total.